The number of esters is 1. The number of piperidine rings is 1. The Morgan fingerprint density at radius 3 is 2.27 bits per heavy atom. The van der Waals surface area contributed by atoms with Crippen LogP contribution in [0.2, 0.25) is 0 Å². The fraction of sp³-hybridized carbons (Fsp3) is 0.250. The van der Waals surface area contributed by atoms with E-state index in [2.05, 4.69) is 15.9 Å². The highest BCUT2D eigenvalue weighted by molar-refractivity contribution is 9.10. The molecule has 2 heterocycles. The van der Waals surface area contributed by atoms with Crippen molar-refractivity contribution in [2.24, 2.45) is 5.92 Å². The number of hydrogen-bond donors (Lipinski definition) is 1. The van der Waals surface area contributed by atoms with E-state index in [1.807, 2.05) is 30.3 Å². The van der Waals surface area contributed by atoms with E-state index < -0.39 is 11.5 Å². The zero-order valence-electron chi connectivity index (χ0n) is 22.5. The van der Waals surface area contributed by atoms with Gasteiger partial charge in [0.15, 0.2) is 0 Å². The minimum absolute atomic E-state index is 0.0196. The van der Waals surface area contributed by atoms with Gasteiger partial charge in [0.25, 0.3) is 11.5 Å². The molecule has 0 saturated carbocycles. The Balaban J connectivity index is 1.45. The van der Waals surface area contributed by atoms with Gasteiger partial charge in [0.1, 0.15) is 5.69 Å². The zero-order chi connectivity index (χ0) is 29.1. The van der Waals surface area contributed by atoms with Crippen molar-refractivity contribution in [1.29, 1.82) is 0 Å². The number of carbonyl (C=O) groups excluding carboxylic acids is 2. The molecule has 1 aliphatic rings. The van der Waals surface area contributed by atoms with Crippen molar-refractivity contribution in [2.75, 3.05) is 19.7 Å². The summed E-state index contributed by atoms with van der Waals surface area (Å²) in [7, 11) is 0. The molecule has 0 spiro atoms. The molecule has 1 fully saturated rings. The number of aromatic carboxylic acids is 1. The van der Waals surface area contributed by atoms with Crippen LogP contribution in [0.1, 0.15) is 46.2 Å². The van der Waals surface area contributed by atoms with Gasteiger partial charge in [0.05, 0.1) is 19.1 Å². The first-order valence-electron chi connectivity index (χ1n) is 13.5. The first kappa shape index (κ1) is 28.3. The molecule has 1 aromatic heterocycles. The second-order valence-electron chi connectivity index (χ2n) is 9.99. The molecule has 210 valence electrons. The number of pyridine rings is 1. The summed E-state index contributed by atoms with van der Waals surface area (Å²) in [5.74, 6) is -1.74. The van der Waals surface area contributed by atoms with Gasteiger partial charge >= 0.3 is 11.9 Å². The largest absolute Gasteiger partial charge is 0.477 e. The highest BCUT2D eigenvalue weighted by Crippen LogP contribution is 2.33. The van der Waals surface area contributed by atoms with Crippen molar-refractivity contribution in [1.82, 2.24) is 9.47 Å². The van der Waals surface area contributed by atoms with E-state index in [-0.39, 0.29) is 30.0 Å². The number of carboxylic acid groups (broad SMARTS) is 1. The maximum Gasteiger partial charge on any atom is 0.353 e. The molecule has 1 aliphatic heterocycles. The third kappa shape index (κ3) is 5.81. The second kappa shape index (κ2) is 12.1. The van der Waals surface area contributed by atoms with Crippen molar-refractivity contribution < 1.29 is 24.2 Å². The van der Waals surface area contributed by atoms with Crippen LogP contribution in [-0.4, -0.2) is 52.1 Å². The summed E-state index contributed by atoms with van der Waals surface area (Å²) in [6.07, 6.45) is 1.12. The van der Waals surface area contributed by atoms with Gasteiger partial charge in [-0.3, -0.25) is 19.0 Å². The van der Waals surface area contributed by atoms with Crippen LogP contribution in [0.3, 0.4) is 0 Å². The van der Waals surface area contributed by atoms with Crippen LogP contribution in [0.4, 0.5) is 0 Å². The van der Waals surface area contributed by atoms with Crippen molar-refractivity contribution >= 4 is 44.5 Å². The van der Waals surface area contributed by atoms with Gasteiger partial charge in [-0.2, -0.15) is 0 Å². The van der Waals surface area contributed by atoms with Gasteiger partial charge in [-0.15, -0.1) is 0 Å². The number of amides is 1. The van der Waals surface area contributed by atoms with Crippen LogP contribution >= 0.6 is 15.9 Å². The van der Waals surface area contributed by atoms with E-state index in [0.29, 0.717) is 65.6 Å². The van der Waals surface area contributed by atoms with Crippen molar-refractivity contribution in [2.45, 2.75) is 26.3 Å². The van der Waals surface area contributed by atoms with E-state index in [4.69, 9.17) is 4.74 Å². The smallest absolute Gasteiger partial charge is 0.353 e. The summed E-state index contributed by atoms with van der Waals surface area (Å²) in [6, 6.07) is 21.3. The van der Waals surface area contributed by atoms with E-state index in [0.717, 1.165) is 4.47 Å². The second-order valence-corrected chi connectivity index (χ2v) is 10.9. The molecule has 0 bridgehead atoms. The van der Waals surface area contributed by atoms with Gasteiger partial charge in [-0.05, 0) is 66.6 Å². The maximum absolute atomic E-state index is 13.6. The average molecular weight is 617 g/mol. The van der Waals surface area contributed by atoms with Crippen molar-refractivity contribution in [3.05, 3.63) is 104 Å². The fourth-order valence-electron chi connectivity index (χ4n) is 5.39. The summed E-state index contributed by atoms with van der Waals surface area (Å²) in [5, 5.41) is 11.3. The van der Waals surface area contributed by atoms with Crippen LogP contribution in [0.5, 0.6) is 0 Å². The van der Waals surface area contributed by atoms with Crippen LogP contribution < -0.4 is 5.56 Å². The highest BCUT2D eigenvalue weighted by atomic mass is 79.9. The maximum atomic E-state index is 13.6. The molecule has 4 aromatic rings. The minimum atomic E-state index is -1.21. The van der Waals surface area contributed by atoms with Crippen molar-refractivity contribution in [3.63, 3.8) is 0 Å². The van der Waals surface area contributed by atoms with Gasteiger partial charge in [-0.1, -0.05) is 58.4 Å². The number of carboxylic acids is 1. The molecule has 5 rings (SSSR count). The summed E-state index contributed by atoms with van der Waals surface area (Å²) in [5.41, 5.74) is 1.82. The first-order valence-corrected chi connectivity index (χ1v) is 14.3. The molecule has 1 saturated heterocycles. The molecule has 1 amide bonds. The lowest BCUT2D eigenvalue weighted by Gasteiger charge is -2.31. The van der Waals surface area contributed by atoms with E-state index in [9.17, 15) is 24.3 Å². The van der Waals surface area contributed by atoms with Gasteiger partial charge in [-0.25, -0.2) is 4.79 Å². The summed E-state index contributed by atoms with van der Waals surface area (Å²) in [4.78, 5) is 53.2. The molecule has 8 nitrogen and oxygen atoms in total. The standard InChI is InChI=1S/C32H29BrN2O6/c1-2-41-32(40)23-14-16-34(17-15-23)29(36)22-10-8-20(9-11-22)19-35-28(31(38)39)27(21-6-4-3-5-7-21)26-18-24(33)12-13-25(26)30(35)37/h3-13,18,23H,2,14-17,19H2,1H3,(H,38,39). The quantitative estimate of drug-likeness (QED) is 0.271. The number of carbonyl (C=O) groups is 3. The Bertz CT molecular complexity index is 1670. The molecule has 0 radical (unpaired) electrons. The summed E-state index contributed by atoms with van der Waals surface area (Å²) in [6.45, 7) is 3.08. The fourth-order valence-corrected chi connectivity index (χ4v) is 5.75. The number of fused-ring (bicyclic) bond motifs is 1. The Morgan fingerprint density at radius 1 is 0.951 bits per heavy atom. The number of hydrogen-bond acceptors (Lipinski definition) is 5. The van der Waals surface area contributed by atoms with Gasteiger partial charge < -0.3 is 14.7 Å². The Hall–Kier alpha value is -4.24. The van der Waals surface area contributed by atoms with E-state index in [1.165, 1.54) is 4.57 Å². The number of ether oxygens (including phenoxy) is 1. The molecule has 9 heteroatoms. The summed E-state index contributed by atoms with van der Waals surface area (Å²) >= 11 is 3.45. The molecule has 0 unspecified atom stereocenters. The lowest BCUT2D eigenvalue weighted by atomic mass is 9.96. The Kier molecular flexibility index (Phi) is 8.35. The monoisotopic (exact) mass is 616 g/mol. The Labute approximate surface area is 245 Å². The lowest BCUT2D eigenvalue weighted by molar-refractivity contribution is -0.149. The predicted molar refractivity (Wildman–Crippen MR) is 159 cm³/mol. The molecular weight excluding hydrogens is 588 g/mol. The number of aromatic nitrogens is 1. The SMILES string of the molecule is CCOC(=O)C1CCN(C(=O)c2ccc(Cn3c(C(=O)O)c(-c4ccccc4)c4cc(Br)ccc4c3=O)cc2)CC1. The number of nitrogens with zero attached hydrogens (tertiary/aromatic N) is 2. The third-order valence-electron chi connectivity index (χ3n) is 7.44. The van der Waals surface area contributed by atoms with Gasteiger partial charge in [0.2, 0.25) is 0 Å². The van der Waals surface area contributed by atoms with Crippen LogP contribution in [-0.2, 0) is 16.1 Å². The normalized spacial score (nSPS) is 13.8. The molecular formula is C32H29BrN2O6. The lowest BCUT2D eigenvalue weighted by Crippen LogP contribution is -2.40. The average Bonchev–Trinajstić information content (AvgIpc) is 2.98. The minimum Gasteiger partial charge on any atom is -0.477 e. The van der Waals surface area contributed by atoms with E-state index in [1.54, 1.807) is 54.3 Å². The topological polar surface area (TPSA) is 106 Å². The van der Waals surface area contributed by atoms with Crippen LogP contribution in [0.25, 0.3) is 21.9 Å². The Morgan fingerprint density at radius 2 is 1.63 bits per heavy atom. The number of likely N-dealkylation sites (tertiary alicyclic amines) is 1. The van der Waals surface area contributed by atoms with Crippen LogP contribution in [0, 0.1) is 5.92 Å². The number of rotatable bonds is 7. The van der Waals surface area contributed by atoms with Crippen LogP contribution in [0.15, 0.2) is 82.1 Å². The van der Waals surface area contributed by atoms with Crippen molar-refractivity contribution in [3.8, 4) is 11.1 Å². The third-order valence-corrected chi connectivity index (χ3v) is 7.94. The first-order chi connectivity index (χ1) is 19.8. The number of benzene rings is 3. The molecule has 0 aliphatic carbocycles. The number of halogens is 1. The molecule has 0 atom stereocenters. The van der Waals surface area contributed by atoms with Gasteiger partial charge in [0, 0.05) is 34.1 Å². The summed E-state index contributed by atoms with van der Waals surface area (Å²) < 4.78 is 7.14. The molecule has 3 aromatic carbocycles. The predicted octanol–water partition coefficient (Wildman–Crippen LogP) is 5.59. The van der Waals surface area contributed by atoms with E-state index >= 15 is 0 Å². The molecule has 1 N–H and O–H groups in total. The zero-order valence-corrected chi connectivity index (χ0v) is 24.1. The highest BCUT2D eigenvalue weighted by Gasteiger charge is 2.29. The molecule has 41 heavy (non-hydrogen) atoms.